The van der Waals surface area contributed by atoms with Crippen LogP contribution in [0.3, 0.4) is 0 Å². The third kappa shape index (κ3) is 4.75. The Morgan fingerprint density at radius 1 is 1.15 bits per heavy atom. The summed E-state index contributed by atoms with van der Waals surface area (Å²) < 4.78 is 26.0. The number of benzene rings is 1. The number of sulfonamides is 1. The van der Waals surface area contributed by atoms with Crippen molar-refractivity contribution >= 4 is 21.7 Å². The minimum Gasteiger partial charge on any atom is -0.355 e. The lowest BCUT2D eigenvalue weighted by Crippen LogP contribution is -2.37. The highest BCUT2D eigenvalue weighted by Crippen LogP contribution is 2.10. The molecule has 0 fully saturated rings. The molecule has 7 heteroatoms. The van der Waals surface area contributed by atoms with Crippen LogP contribution in [-0.4, -0.2) is 33.2 Å². The summed E-state index contributed by atoms with van der Waals surface area (Å²) in [6.07, 6.45) is 0.783. The van der Waals surface area contributed by atoms with E-state index in [1.807, 2.05) is 6.92 Å². The van der Waals surface area contributed by atoms with Crippen LogP contribution in [0.2, 0.25) is 0 Å². The Labute approximate surface area is 118 Å². The van der Waals surface area contributed by atoms with Crippen LogP contribution in [0.1, 0.15) is 30.6 Å². The van der Waals surface area contributed by atoms with E-state index in [1.54, 1.807) is 0 Å². The number of amides is 1. The number of carbonyl (C=O) groups is 2. The molecule has 1 amide bonds. The van der Waals surface area contributed by atoms with Gasteiger partial charge in [-0.15, -0.1) is 0 Å². The molecule has 0 spiro atoms. The molecular formula is C13H18N2O4S. The molecule has 2 N–H and O–H groups in total. The normalized spacial score (nSPS) is 11.1. The smallest absolute Gasteiger partial charge is 0.241 e. The zero-order valence-corrected chi connectivity index (χ0v) is 12.3. The van der Waals surface area contributed by atoms with Crippen molar-refractivity contribution in [3.05, 3.63) is 29.8 Å². The maximum absolute atomic E-state index is 11.9. The largest absolute Gasteiger partial charge is 0.355 e. The summed E-state index contributed by atoms with van der Waals surface area (Å²) in [4.78, 5) is 22.5. The van der Waals surface area contributed by atoms with Crippen molar-refractivity contribution in [3.8, 4) is 0 Å². The van der Waals surface area contributed by atoms with E-state index in [2.05, 4.69) is 10.0 Å². The quantitative estimate of drug-likeness (QED) is 0.725. The molecule has 0 aromatic heterocycles. The number of rotatable bonds is 7. The van der Waals surface area contributed by atoms with E-state index in [-0.39, 0.29) is 23.1 Å². The van der Waals surface area contributed by atoms with Crippen molar-refractivity contribution in [2.45, 2.75) is 25.2 Å². The third-order valence-electron chi connectivity index (χ3n) is 2.57. The minimum absolute atomic E-state index is 0.0193. The first-order chi connectivity index (χ1) is 9.36. The second kappa shape index (κ2) is 7.16. The van der Waals surface area contributed by atoms with Crippen LogP contribution in [0.4, 0.5) is 0 Å². The zero-order chi connectivity index (χ0) is 15.2. The van der Waals surface area contributed by atoms with E-state index >= 15 is 0 Å². The Kier molecular flexibility index (Phi) is 5.84. The van der Waals surface area contributed by atoms with E-state index in [9.17, 15) is 18.0 Å². The standard InChI is InChI=1S/C13H18N2O4S/c1-3-8-14-13(17)9-15-20(18,19)12-6-4-11(5-7-12)10(2)16/h4-7,15H,3,8-9H2,1-2H3,(H,14,17). The summed E-state index contributed by atoms with van der Waals surface area (Å²) in [5.41, 5.74) is 0.435. The molecule has 0 atom stereocenters. The van der Waals surface area contributed by atoms with Gasteiger partial charge < -0.3 is 5.32 Å². The first kappa shape index (κ1) is 16.3. The summed E-state index contributed by atoms with van der Waals surface area (Å²) >= 11 is 0. The summed E-state index contributed by atoms with van der Waals surface area (Å²) in [6.45, 7) is 3.51. The van der Waals surface area contributed by atoms with E-state index in [1.165, 1.54) is 31.2 Å². The molecule has 0 radical (unpaired) electrons. The lowest BCUT2D eigenvalue weighted by Gasteiger charge is -2.07. The molecule has 0 saturated heterocycles. The van der Waals surface area contributed by atoms with Crippen molar-refractivity contribution in [2.75, 3.05) is 13.1 Å². The highest BCUT2D eigenvalue weighted by Gasteiger charge is 2.15. The Bertz CT molecular complexity index is 579. The van der Waals surface area contributed by atoms with Crippen LogP contribution in [0.15, 0.2) is 29.2 Å². The molecule has 0 heterocycles. The van der Waals surface area contributed by atoms with Crippen molar-refractivity contribution < 1.29 is 18.0 Å². The molecular weight excluding hydrogens is 280 g/mol. The average molecular weight is 298 g/mol. The van der Waals surface area contributed by atoms with Gasteiger partial charge in [-0.1, -0.05) is 19.1 Å². The molecule has 0 aliphatic heterocycles. The molecule has 0 saturated carbocycles. The van der Waals surface area contributed by atoms with Gasteiger partial charge in [0.1, 0.15) is 0 Å². The Hall–Kier alpha value is -1.73. The van der Waals surface area contributed by atoms with Gasteiger partial charge in [-0.25, -0.2) is 13.1 Å². The molecule has 110 valence electrons. The topological polar surface area (TPSA) is 92.3 Å². The number of Topliss-reactive ketones (excluding diaryl/α,β-unsaturated/α-hetero) is 1. The van der Waals surface area contributed by atoms with E-state index < -0.39 is 10.0 Å². The molecule has 1 rings (SSSR count). The van der Waals surface area contributed by atoms with Gasteiger partial charge in [0.25, 0.3) is 0 Å². The van der Waals surface area contributed by atoms with Gasteiger partial charge in [-0.3, -0.25) is 9.59 Å². The maximum Gasteiger partial charge on any atom is 0.241 e. The summed E-state index contributed by atoms with van der Waals surface area (Å²) in [7, 11) is -3.74. The van der Waals surface area contributed by atoms with Crippen molar-refractivity contribution in [1.82, 2.24) is 10.0 Å². The first-order valence-corrected chi connectivity index (χ1v) is 7.72. The van der Waals surface area contributed by atoms with Crippen LogP contribution in [-0.2, 0) is 14.8 Å². The van der Waals surface area contributed by atoms with Crippen LogP contribution < -0.4 is 10.0 Å². The predicted octanol–water partition coefficient (Wildman–Crippen LogP) is 0.694. The van der Waals surface area contributed by atoms with E-state index in [0.717, 1.165) is 6.42 Å². The van der Waals surface area contributed by atoms with E-state index in [0.29, 0.717) is 12.1 Å². The molecule has 20 heavy (non-hydrogen) atoms. The van der Waals surface area contributed by atoms with Crippen LogP contribution in [0, 0.1) is 0 Å². The lowest BCUT2D eigenvalue weighted by molar-refractivity contribution is -0.119. The molecule has 6 nitrogen and oxygen atoms in total. The Morgan fingerprint density at radius 3 is 2.25 bits per heavy atom. The number of ketones is 1. The minimum atomic E-state index is -3.74. The second-order valence-corrected chi connectivity index (χ2v) is 6.02. The fourth-order valence-corrected chi connectivity index (χ4v) is 2.42. The fourth-order valence-electron chi connectivity index (χ4n) is 1.44. The lowest BCUT2D eigenvalue weighted by atomic mass is 10.2. The number of nitrogens with one attached hydrogen (secondary N) is 2. The van der Waals surface area contributed by atoms with Gasteiger partial charge in [0, 0.05) is 12.1 Å². The summed E-state index contributed by atoms with van der Waals surface area (Å²) in [6, 6.07) is 5.55. The summed E-state index contributed by atoms with van der Waals surface area (Å²) in [5, 5.41) is 2.57. The van der Waals surface area contributed by atoms with Gasteiger partial charge in [0.05, 0.1) is 11.4 Å². The maximum atomic E-state index is 11.9. The average Bonchev–Trinajstić information content (AvgIpc) is 2.43. The second-order valence-electron chi connectivity index (χ2n) is 4.26. The van der Waals surface area contributed by atoms with Crippen LogP contribution >= 0.6 is 0 Å². The fraction of sp³-hybridized carbons (Fsp3) is 0.385. The molecule has 0 bridgehead atoms. The van der Waals surface area contributed by atoms with Gasteiger partial charge in [-0.05, 0) is 25.5 Å². The summed E-state index contributed by atoms with van der Waals surface area (Å²) in [5.74, 6) is -0.517. The monoisotopic (exact) mass is 298 g/mol. The predicted molar refractivity (Wildman–Crippen MR) is 74.9 cm³/mol. The van der Waals surface area contributed by atoms with E-state index in [4.69, 9.17) is 0 Å². The number of hydrogen-bond acceptors (Lipinski definition) is 4. The highest BCUT2D eigenvalue weighted by molar-refractivity contribution is 7.89. The molecule has 1 aromatic carbocycles. The zero-order valence-electron chi connectivity index (χ0n) is 11.5. The van der Waals surface area contributed by atoms with Gasteiger partial charge in [0.2, 0.25) is 15.9 Å². The van der Waals surface area contributed by atoms with Crippen molar-refractivity contribution in [2.24, 2.45) is 0 Å². The van der Waals surface area contributed by atoms with Crippen molar-refractivity contribution in [1.29, 1.82) is 0 Å². The first-order valence-electron chi connectivity index (χ1n) is 6.24. The number of carbonyl (C=O) groups excluding carboxylic acids is 2. The Balaban J connectivity index is 2.69. The highest BCUT2D eigenvalue weighted by atomic mass is 32.2. The van der Waals surface area contributed by atoms with Crippen LogP contribution in [0.25, 0.3) is 0 Å². The van der Waals surface area contributed by atoms with Crippen LogP contribution in [0.5, 0.6) is 0 Å². The van der Waals surface area contributed by atoms with Gasteiger partial charge in [0.15, 0.2) is 5.78 Å². The SMILES string of the molecule is CCCNC(=O)CNS(=O)(=O)c1ccc(C(C)=O)cc1. The van der Waals surface area contributed by atoms with Gasteiger partial charge in [-0.2, -0.15) is 0 Å². The third-order valence-corrected chi connectivity index (χ3v) is 3.98. The van der Waals surface area contributed by atoms with Crippen molar-refractivity contribution in [3.63, 3.8) is 0 Å². The molecule has 0 aliphatic rings. The Morgan fingerprint density at radius 2 is 1.75 bits per heavy atom. The number of hydrogen-bond donors (Lipinski definition) is 2. The molecule has 1 aromatic rings. The van der Waals surface area contributed by atoms with Gasteiger partial charge >= 0.3 is 0 Å². The molecule has 0 unspecified atom stereocenters. The molecule has 0 aliphatic carbocycles.